The van der Waals surface area contributed by atoms with Crippen molar-refractivity contribution in [3.05, 3.63) is 29.3 Å². The third-order valence-corrected chi connectivity index (χ3v) is 3.44. The third-order valence-electron chi connectivity index (χ3n) is 3.19. The molecule has 0 saturated heterocycles. The molecule has 17 heavy (non-hydrogen) atoms. The lowest BCUT2D eigenvalue weighted by Gasteiger charge is -2.11. The number of benzene rings is 1. The zero-order valence-corrected chi connectivity index (χ0v) is 10.9. The largest absolute Gasteiger partial charge is 0.494 e. The highest BCUT2D eigenvalue weighted by atomic mass is 35.5. The van der Waals surface area contributed by atoms with Gasteiger partial charge >= 0.3 is 0 Å². The molecule has 0 atom stereocenters. The summed E-state index contributed by atoms with van der Waals surface area (Å²) in [5.41, 5.74) is 0. The summed E-state index contributed by atoms with van der Waals surface area (Å²) in [6.07, 6.45) is 6.52. The Hall–Kier alpha value is -0.730. The smallest absolute Gasteiger partial charge is 0.119 e. The van der Waals surface area contributed by atoms with E-state index in [0.29, 0.717) is 0 Å². The van der Waals surface area contributed by atoms with Crippen LogP contribution in [0.1, 0.15) is 32.1 Å². The summed E-state index contributed by atoms with van der Waals surface area (Å²) >= 11 is 5.80. The van der Waals surface area contributed by atoms with Gasteiger partial charge in [-0.3, -0.25) is 0 Å². The first-order valence-electron chi connectivity index (χ1n) is 6.46. The number of nitrogens with one attached hydrogen (secondary N) is 1. The van der Waals surface area contributed by atoms with Crippen molar-refractivity contribution < 1.29 is 4.74 Å². The molecule has 2 nitrogen and oxygen atoms in total. The van der Waals surface area contributed by atoms with E-state index in [-0.39, 0.29) is 0 Å². The Morgan fingerprint density at radius 2 is 1.88 bits per heavy atom. The standard InChI is InChI=1S/C14H20ClNO/c15-12-6-8-14(9-7-12)17-11-3-10-16-13-4-1-2-5-13/h6-9,13,16H,1-5,10-11H2. The molecule has 1 aliphatic rings. The Kier molecular flexibility index (Phi) is 5.14. The number of hydrogen-bond donors (Lipinski definition) is 1. The number of rotatable bonds is 6. The Bertz CT molecular complexity index is 319. The zero-order chi connectivity index (χ0) is 11.9. The molecular weight excluding hydrogens is 234 g/mol. The van der Waals surface area contributed by atoms with E-state index in [2.05, 4.69) is 5.32 Å². The lowest BCUT2D eigenvalue weighted by molar-refractivity contribution is 0.304. The van der Waals surface area contributed by atoms with Crippen LogP contribution in [0.15, 0.2) is 24.3 Å². The summed E-state index contributed by atoms with van der Waals surface area (Å²) in [6.45, 7) is 1.82. The van der Waals surface area contributed by atoms with E-state index in [1.54, 1.807) is 0 Å². The summed E-state index contributed by atoms with van der Waals surface area (Å²) < 4.78 is 5.63. The van der Waals surface area contributed by atoms with Crippen LogP contribution >= 0.6 is 11.6 Å². The topological polar surface area (TPSA) is 21.3 Å². The first kappa shape index (κ1) is 12.7. The molecule has 2 rings (SSSR count). The van der Waals surface area contributed by atoms with Crippen molar-refractivity contribution in [3.8, 4) is 5.75 Å². The van der Waals surface area contributed by atoms with Gasteiger partial charge in [-0.05, 0) is 50.1 Å². The predicted molar refractivity (Wildman–Crippen MR) is 71.8 cm³/mol. The molecule has 0 amide bonds. The maximum atomic E-state index is 5.80. The van der Waals surface area contributed by atoms with Gasteiger partial charge in [0.1, 0.15) is 5.75 Å². The molecule has 0 spiro atoms. The molecule has 1 aromatic rings. The van der Waals surface area contributed by atoms with Gasteiger partial charge in [0.15, 0.2) is 0 Å². The molecule has 1 aliphatic carbocycles. The minimum Gasteiger partial charge on any atom is -0.494 e. The van der Waals surface area contributed by atoms with Gasteiger partial charge in [0.05, 0.1) is 6.61 Å². The quantitative estimate of drug-likeness (QED) is 0.782. The molecule has 1 N–H and O–H groups in total. The molecule has 1 aromatic carbocycles. The van der Waals surface area contributed by atoms with Gasteiger partial charge in [0, 0.05) is 11.1 Å². The molecule has 1 saturated carbocycles. The zero-order valence-electron chi connectivity index (χ0n) is 10.1. The number of ether oxygens (including phenoxy) is 1. The van der Waals surface area contributed by atoms with Crippen LogP contribution in [0.3, 0.4) is 0 Å². The Labute approximate surface area is 108 Å². The van der Waals surface area contributed by atoms with Crippen LogP contribution in [0, 0.1) is 0 Å². The SMILES string of the molecule is Clc1ccc(OCCCNC2CCCC2)cc1. The molecule has 0 aromatic heterocycles. The molecule has 1 fully saturated rings. The fourth-order valence-electron chi connectivity index (χ4n) is 2.23. The van der Waals surface area contributed by atoms with Gasteiger partial charge < -0.3 is 10.1 Å². The van der Waals surface area contributed by atoms with E-state index >= 15 is 0 Å². The Balaban J connectivity index is 1.55. The van der Waals surface area contributed by atoms with Gasteiger partial charge in [-0.25, -0.2) is 0 Å². The van der Waals surface area contributed by atoms with Crippen LogP contribution in [0.25, 0.3) is 0 Å². The van der Waals surface area contributed by atoms with E-state index in [0.717, 1.165) is 36.4 Å². The monoisotopic (exact) mass is 253 g/mol. The molecule has 3 heteroatoms. The van der Waals surface area contributed by atoms with Gasteiger partial charge in [-0.1, -0.05) is 24.4 Å². The third kappa shape index (κ3) is 4.57. The minimum absolute atomic E-state index is 0.750. The molecule has 0 heterocycles. The highest BCUT2D eigenvalue weighted by Crippen LogP contribution is 2.17. The van der Waals surface area contributed by atoms with E-state index in [4.69, 9.17) is 16.3 Å². The maximum Gasteiger partial charge on any atom is 0.119 e. The van der Waals surface area contributed by atoms with Crippen molar-refractivity contribution in [1.82, 2.24) is 5.32 Å². The van der Waals surface area contributed by atoms with Crippen molar-refractivity contribution in [1.29, 1.82) is 0 Å². The average molecular weight is 254 g/mol. The number of halogens is 1. The lowest BCUT2D eigenvalue weighted by atomic mass is 10.2. The van der Waals surface area contributed by atoms with Crippen molar-refractivity contribution >= 4 is 11.6 Å². The number of hydrogen-bond acceptors (Lipinski definition) is 2. The van der Waals surface area contributed by atoms with Crippen LogP contribution < -0.4 is 10.1 Å². The minimum atomic E-state index is 0.750. The molecular formula is C14H20ClNO. The van der Waals surface area contributed by atoms with Crippen LogP contribution in [0.2, 0.25) is 5.02 Å². The van der Waals surface area contributed by atoms with Crippen molar-refractivity contribution in [2.45, 2.75) is 38.1 Å². The summed E-state index contributed by atoms with van der Waals surface area (Å²) in [7, 11) is 0. The van der Waals surface area contributed by atoms with Gasteiger partial charge in [0.25, 0.3) is 0 Å². The normalized spacial score (nSPS) is 16.3. The molecule has 0 radical (unpaired) electrons. The van der Waals surface area contributed by atoms with Crippen molar-refractivity contribution in [2.75, 3.05) is 13.2 Å². The summed E-state index contributed by atoms with van der Waals surface area (Å²) in [4.78, 5) is 0. The first-order valence-corrected chi connectivity index (χ1v) is 6.84. The first-order chi connectivity index (χ1) is 8.34. The van der Waals surface area contributed by atoms with Crippen LogP contribution in [-0.4, -0.2) is 19.2 Å². The van der Waals surface area contributed by atoms with Crippen molar-refractivity contribution in [2.24, 2.45) is 0 Å². The van der Waals surface area contributed by atoms with Crippen LogP contribution in [0.5, 0.6) is 5.75 Å². The van der Waals surface area contributed by atoms with Gasteiger partial charge in [-0.15, -0.1) is 0 Å². The van der Waals surface area contributed by atoms with Gasteiger partial charge in [0.2, 0.25) is 0 Å². The highest BCUT2D eigenvalue weighted by Gasteiger charge is 2.13. The van der Waals surface area contributed by atoms with Gasteiger partial charge in [-0.2, -0.15) is 0 Å². The van der Waals surface area contributed by atoms with E-state index < -0.39 is 0 Å². The second-order valence-corrected chi connectivity index (χ2v) is 5.03. The second kappa shape index (κ2) is 6.87. The highest BCUT2D eigenvalue weighted by molar-refractivity contribution is 6.30. The Morgan fingerprint density at radius 1 is 1.18 bits per heavy atom. The van der Waals surface area contributed by atoms with Crippen LogP contribution in [-0.2, 0) is 0 Å². The second-order valence-electron chi connectivity index (χ2n) is 4.59. The van der Waals surface area contributed by atoms with E-state index in [9.17, 15) is 0 Å². The summed E-state index contributed by atoms with van der Waals surface area (Å²) in [5.74, 6) is 0.898. The summed E-state index contributed by atoms with van der Waals surface area (Å²) in [6, 6.07) is 8.28. The molecule has 0 unspecified atom stereocenters. The Morgan fingerprint density at radius 3 is 2.59 bits per heavy atom. The fourth-order valence-corrected chi connectivity index (χ4v) is 2.36. The molecule has 94 valence electrons. The van der Waals surface area contributed by atoms with Crippen molar-refractivity contribution in [3.63, 3.8) is 0 Å². The maximum absolute atomic E-state index is 5.80. The predicted octanol–water partition coefficient (Wildman–Crippen LogP) is 3.64. The summed E-state index contributed by atoms with van der Waals surface area (Å²) in [5, 5.41) is 4.33. The van der Waals surface area contributed by atoms with Crippen LogP contribution in [0.4, 0.5) is 0 Å². The lowest BCUT2D eigenvalue weighted by Crippen LogP contribution is -2.27. The molecule has 0 bridgehead atoms. The molecule has 0 aliphatic heterocycles. The fraction of sp³-hybridized carbons (Fsp3) is 0.571. The van der Waals surface area contributed by atoms with E-state index in [1.807, 2.05) is 24.3 Å². The van der Waals surface area contributed by atoms with E-state index in [1.165, 1.54) is 25.7 Å². The average Bonchev–Trinajstić information content (AvgIpc) is 2.84.